The van der Waals surface area contributed by atoms with Crippen LogP contribution in [0.3, 0.4) is 0 Å². The molecule has 0 aliphatic heterocycles. The van der Waals surface area contributed by atoms with Crippen molar-refractivity contribution in [3.8, 4) is 16.9 Å². The van der Waals surface area contributed by atoms with Gasteiger partial charge in [-0.05, 0) is 49.7 Å². The van der Waals surface area contributed by atoms with E-state index in [1.165, 1.54) is 40.0 Å². The molecule has 0 saturated carbocycles. The number of nitrogens with zero attached hydrogens (tertiary/aromatic N) is 5. The number of aromatic nitrogens is 5. The van der Waals surface area contributed by atoms with Crippen molar-refractivity contribution in [2.24, 2.45) is 0 Å². The van der Waals surface area contributed by atoms with E-state index in [0.717, 1.165) is 6.07 Å². The Kier molecular flexibility index (Phi) is 8.18. The van der Waals surface area contributed by atoms with Crippen LogP contribution in [0.25, 0.3) is 16.9 Å². The van der Waals surface area contributed by atoms with Crippen molar-refractivity contribution in [3.63, 3.8) is 0 Å². The number of carbonyl (C=O) groups excluding carboxylic acids is 2. The largest absolute Gasteiger partial charge is 0.352 e. The van der Waals surface area contributed by atoms with E-state index in [4.69, 9.17) is 23.2 Å². The quantitative estimate of drug-likeness (QED) is 0.333. The minimum absolute atomic E-state index is 0.138. The number of hydrogen-bond acceptors (Lipinski definition) is 6. The number of halogens is 3. The predicted octanol–water partition coefficient (Wildman–Crippen LogP) is 4.28. The van der Waals surface area contributed by atoms with Gasteiger partial charge in [0.2, 0.25) is 5.91 Å². The van der Waals surface area contributed by atoms with Gasteiger partial charge in [0, 0.05) is 28.9 Å². The molecule has 0 bridgehead atoms. The molecule has 13 heteroatoms. The zero-order chi connectivity index (χ0) is 27.4. The first-order valence-electron chi connectivity index (χ1n) is 11.6. The first-order chi connectivity index (χ1) is 18.2. The van der Waals surface area contributed by atoms with Crippen molar-refractivity contribution < 1.29 is 14.0 Å². The second-order valence-corrected chi connectivity index (χ2v) is 8.96. The molecular weight excluding hydrogens is 536 g/mol. The van der Waals surface area contributed by atoms with Crippen molar-refractivity contribution in [2.75, 3.05) is 11.9 Å². The molecule has 2 amide bonds. The highest BCUT2D eigenvalue weighted by Crippen LogP contribution is 2.28. The number of carbonyl (C=O) groups is 2. The van der Waals surface area contributed by atoms with Crippen LogP contribution in [-0.4, -0.2) is 42.9 Å². The molecule has 0 spiro atoms. The van der Waals surface area contributed by atoms with E-state index in [2.05, 4.69) is 25.9 Å². The fourth-order valence-electron chi connectivity index (χ4n) is 3.83. The van der Waals surface area contributed by atoms with E-state index in [-0.39, 0.29) is 22.8 Å². The predicted molar refractivity (Wildman–Crippen MR) is 141 cm³/mol. The Bertz CT molecular complexity index is 1570. The molecule has 0 aliphatic rings. The van der Waals surface area contributed by atoms with Crippen LogP contribution in [0.4, 0.5) is 10.1 Å². The molecule has 196 valence electrons. The monoisotopic (exact) mass is 557 g/mol. The number of benzene rings is 2. The first-order valence-corrected chi connectivity index (χ1v) is 12.3. The van der Waals surface area contributed by atoms with Gasteiger partial charge in [0.1, 0.15) is 11.9 Å². The van der Waals surface area contributed by atoms with Gasteiger partial charge in [0.15, 0.2) is 5.15 Å². The first kappa shape index (κ1) is 27.0. The Labute approximate surface area is 226 Å². The highest BCUT2D eigenvalue weighted by atomic mass is 35.5. The highest BCUT2D eigenvalue weighted by molar-refractivity contribution is 6.31. The maximum Gasteiger partial charge on any atom is 0.254 e. The Morgan fingerprint density at radius 3 is 2.53 bits per heavy atom. The molecule has 0 aliphatic carbocycles. The molecule has 0 fully saturated rings. The number of hydrogen-bond donors (Lipinski definition) is 2. The summed E-state index contributed by atoms with van der Waals surface area (Å²) in [7, 11) is 0. The van der Waals surface area contributed by atoms with Crippen LogP contribution in [0, 0.1) is 5.82 Å². The van der Waals surface area contributed by atoms with E-state index in [9.17, 15) is 18.8 Å². The van der Waals surface area contributed by atoms with E-state index in [1.807, 2.05) is 0 Å². The van der Waals surface area contributed by atoms with Gasteiger partial charge >= 0.3 is 0 Å². The molecule has 0 radical (unpaired) electrons. The van der Waals surface area contributed by atoms with E-state index in [1.54, 1.807) is 32.0 Å². The third-order valence-electron chi connectivity index (χ3n) is 5.63. The second kappa shape index (κ2) is 11.5. The van der Waals surface area contributed by atoms with Crippen LogP contribution in [0.2, 0.25) is 10.2 Å². The summed E-state index contributed by atoms with van der Waals surface area (Å²) in [5.41, 5.74) is 0.865. The molecule has 0 saturated heterocycles. The summed E-state index contributed by atoms with van der Waals surface area (Å²) in [5.74, 6) is -1.88. The average Bonchev–Trinajstić information content (AvgIpc) is 3.31. The van der Waals surface area contributed by atoms with Gasteiger partial charge in [-0.15, -0.1) is 5.10 Å². The molecule has 4 rings (SSSR count). The fraction of sp³-hybridized carbons (Fsp3) is 0.200. The minimum Gasteiger partial charge on any atom is -0.352 e. The molecule has 2 N–H and O–H groups in total. The maximum atomic E-state index is 14.4. The molecule has 2 aromatic carbocycles. The molecule has 1 atom stereocenters. The Balaban J connectivity index is 1.60. The highest BCUT2D eigenvalue weighted by Gasteiger charge is 2.22. The molecular formula is C25H22Cl2FN7O3. The molecule has 38 heavy (non-hydrogen) atoms. The van der Waals surface area contributed by atoms with Gasteiger partial charge in [0.25, 0.3) is 11.5 Å². The average molecular weight is 558 g/mol. The summed E-state index contributed by atoms with van der Waals surface area (Å²) in [6.45, 7) is 3.80. The Morgan fingerprint density at radius 1 is 1.11 bits per heavy atom. The number of nitrogens with one attached hydrogen (secondary N) is 2. The minimum atomic E-state index is -0.928. The van der Waals surface area contributed by atoms with Crippen molar-refractivity contribution in [1.82, 2.24) is 29.9 Å². The normalized spacial score (nSPS) is 11.7. The van der Waals surface area contributed by atoms with Crippen molar-refractivity contribution in [2.45, 2.75) is 26.3 Å². The Morgan fingerprint density at radius 2 is 1.89 bits per heavy atom. The lowest BCUT2D eigenvalue weighted by Gasteiger charge is -2.18. The molecule has 2 heterocycles. The van der Waals surface area contributed by atoms with Crippen LogP contribution >= 0.6 is 23.2 Å². The van der Waals surface area contributed by atoms with Crippen molar-refractivity contribution in [3.05, 3.63) is 86.9 Å². The standard InChI is InChI=1S/C25H22Cl2FN7O3/c1-3-20(25(38)31-15-6-7-16(18(28)10-15)24(37)29-4-2)34-13-30-19(11-23(34)36)17-9-14(26)5-8-21(17)35-12-22(27)32-33-35/h5-13,20H,3-4H2,1-2H3,(H,29,37)(H,31,38)/t20-/m0/s1. The van der Waals surface area contributed by atoms with E-state index in [0.29, 0.717) is 28.5 Å². The van der Waals surface area contributed by atoms with E-state index < -0.39 is 29.2 Å². The number of rotatable bonds is 8. The summed E-state index contributed by atoms with van der Waals surface area (Å²) in [6, 6.07) is 9.07. The molecule has 2 aromatic heterocycles. The van der Waals surface area contributed by atoms with Crippen molar-refractivity contribution >= 4 is 40.7 Å². The van der Waals surface area contributed by atoms with Crippen LogP contribution in [0.5, 0.6) is 0 Å². The van der Waals surface area contributed by atoms with Gasteiger partial charge in [-0.1, -0.05) is 35.3 Å². The SMILES string of the molecule is CCNC(=O)c1ccc(NC(=O)[C@H](CC)n2cnc(-c3cc(Cl)ccc3-n3cc(Cl)nn3)cc2=O)cc1F. The lowest BCUT2D eigenvalue weighted by atomic mass is 10.1. The Hall–Kier alpha value is -4.09. The van der Waals surface area contributed by atoms with Crippen LogP contribution in [0.1, 0.15) is 36.7 Å². The third kappa shape index (κ3) is 5.74. The van der Waals surface area contributed by atoms with Gasteiger partial charge < -0.3 is 10.6 Å². The topological polar surface area (TPSA) is 124 Å². The maximum absolute atomic E-state index is 14.4. The number of amides is 2. The van der Waals surface area contributed by atoms with Crippen LogP contribution in [-0.2, 0) is 4.79 Å². The lowest BCUT2D eigenvalue weighted by molar-refractivity contribution is -0.119. The fourth-order valence-corrected chi connectivity index (χ4v) is 4.13. The summed E-state index contributed by atoms with van der Waals surface area (Å²) in [6.07, 6.45) is 3.02. The summed E-state index contributed by atoms with van der Waals surface area (Å²) >= 11 is 12.1. The lowest BCUT2D eigenvalue weighted by Crippen LogP contribution is -2.33. The van der Waals surface area contributed by atoms with Crippen LogP contribution < -0.4 is 16.2 Å². The molecule has 0 unspecified atom stereocenters. The zero-order valence-corrected chi connectivity index (χ0v) is 21.8. The molecule has 10 nitrogen and oxygen atoms in total. The second-order valence-electron chi connectivity index (χ2n) is 8.13. The smallest absolute Gasteiger partial charge is 0.254 e. The summed E-state index contributed by atoms with van der Waals surface area (Å²) < 4.78 is 17.1. The van der Waals surface area contributed by atoms with Gasteiger partial charge in [-0.2, -0.15) is 0 Å². The summed E-state index contributed by atoms with van der Waals surface area (Å²) in [5, 5.41) is 13.4. The zero-order valence-electron chi connectivity index (χ0n) is 20.3. The van der Waals surface area contributed by atoms with Gasteiger partial charge in [-0.3, -0.25) is 19.0 Å². The van der Waals surface area contributed by atoms with Crippen molar-refractivity contribution in [1.29, 1.82) is 0 Å². The van der Waals surface area contributed by atoms with Gasteiger partial charge in [-0.25, -0.2) is 14.1 Å². The van der Waals surface area contributed by atoms with E-state index >= 15 is 0 Å². The van der Waals surface area contributed by atoms with Crippen LogP contribution in [0.15, 0.2) is 59.8 Å². The van der Waals surface area contributed by atoms with Gasteiger partial charge in [0.05, 0.1) is 29.5 Å². The third-order valence-corrected chi connectivity index (χ3v) is 6.03. The number of anilines is 1. The summed E-state index contributed by atoms with van der Waals surface area (Å²) in [4.78, 5) is 42.4. The molecule has 4 aromatic rings.